The summed E-state index contributed by atoms with van der Waals surface area (Å²) in [5, 5.41) is 7.87. The zero-order chi connectivity index (χ0) is 34.2. The molecular weight excluding hydrogens is 627 g/mol. The van der Waals surface area contributed by atoms with Gasteiger partial charge in [-0.15, -0.1) is 0 Å². The average Bonchev–Trinajstić information content (AvgIpc) is 3.68. The predicted octanol–water partition coefficient (Wildman–Crippen LogP) is 12.7. The zero-order valence-electron chi connectivity index (χ0n) is 28.8. The van der Waals surface area contributed by atoms with E-state index in [9.17, 15) is 0 Å². The van der Waals surface area contributed by atoms with Crippen LogP contribution in [0.5, 0.6) is 0 Å². The smallest absolute Gasteiger partial charge is 0.0725 e. The normalized spacial score (nSPS) is 13.3. The molecule has 0 heterocycles. The van der Waals surface area contributed by atoms with Crippen LogP contribution in [0.1, 0.15) is 33.4 Å². The number of rotatable bonds is 5. The first-order valence-corrected chi connectivity index (χ1v) is 18.3. The number of hydrogen-bond donors (Lipinski definition) is 0. The molecule has 0 N–H and O–H groups in total. The van der Waals surface area contributed by atoms with Gasteiger partial charge in [-0.05, 0) is 112 Å². The topological polar surface area (TPSA) is 3.24 Å². The minimum absolute atomic E-state index is 0.311. The summed E-state index contributed by atoms with van der Waals surface area (Å²) in [5.41, 5.74) is 14.4. The molecule has 9 aromatic carbocycles. The maximum Gasteiger partial charge on any atom is 0.0725 e. The van der Waals surface area contributed by atoms with Crippen molar-refractivity contribution in [3.63, 3.8) is 0 Å². The van der Waals surface area contributed by atoms with E-state index in [1.807, 2.05) is 0 Å². The summed E-state index contributed by atoms with van der Waals surface area (Å²) in [4.78, 5) is 2.53. The zero-order valence-corrected chi connectivity index (χ0v) is 28.8. The van der Waals surface area contributed by atoms with Crippen molar-refractivity contribution in [1.29, 1.82) is 0 Å². The molecule has 0 saturated carbocycles. The van der Waals surface area contributed by atoms with Crippen LogP contribution in [0.25, 0.3) is 54.6 Å². The molecule has 1 heteroatoms. The molecule has 2 aliphatic carbocycles. The fraction of sp³-hybridized carbons (Fsp3) is 0.0588. The van der Waals surface area contributed by atoms with E-state index < -0.39 is 0 Å². The van der Waals surface area contributed by atoms with Crippen molar-refractivity contribution in [3.05, 3.63) is 221 Å². The lowest BCUT2D eigenvalue weighted by Crippen LogP contribution is -2.26. The molecule has 9 aromatic rings. The van der Waals surface area contributed by atoms with Crippen LogP contribution in [0.15, 0.2) is 188 Å². The maximum atomic E-state index is 2.53. The molecule has 0 amide bonds. The summed E-state index contributed by atoms with van der Waals surface area (Å²) >= 11 is 0. The number of fused-ring (bicyclic) bond motifs is 16. The van der Waals surface area contributed by atoms with E-state index in [1.54, 1.807) is 0 Å². The molecule has 2 aliphatic rings. The van der Waals surface area contributed by atoms with Gasteiger partial charge >= 0.3 is 0 Å². The van der Waals surface area contributed by atoms with Gasteiger partial charge in [-0.1, -0.05) is 164 Å². The lowest BCUT2D eigenvalue weighted by atomic mass is 9.70. The highest BCUT2D eigenvalue weighted by atomic mass is 15.1. The quantitative estimate of drug-likeness (QED) is 0.166. The van der Waals surface area contributed by atoms with Crippen molar-refractivity contribution < 1.29 is 0 Å². The van der Waals surface area contributed by atoms with Crippen molar-refractivity contribution >= 4 is 38.0 Å². The molecule has 52 heavy (non-hydrogen) atoms. The molecule has 0 unspecified atom stereocenters. The van der Waals surface area contributed by atoms with Crippen LogP contribution >= 0.6 is 0 Å². The molecule has 0 aromatic heterocycles. The van der Waals surface area contributed by atoms with E-state index in [2.05, 4.69) is 193 Å². The maximum absolute atomic E-state index is 2.53. The van der Waals surface area contributed by atoms with Crippen LogP contribution in [0.3, 0.4) is 0 Å². The lowest BCUT2D eigenvalue weighted by molar-refractivity contribution is 0.786. The first-order chi connectivity index (χ1) is 25.8. The van der Waals surface area contributed by atoms with Crippen molar-refractivity contribution in [1.82, 2.24) is 0 Å². The summed E-state index contributed by atoms with van der Waals surface area (Å²) in [7, 11) is 0. The van der Waals surface area contributed by atoms with Crippen molar-refractivity contribution in [3.8, 4) is 22.3 Å². The minimum Gasteiger partial charge on any atom is -0.363 e. The van der Waals surface area contributed by atoms with Crippen LogP contribution in [-0.4, -0.2) is 0 Å². The fourth-order valence-electron chi connectivity index (χ4n) is 9.62. The highest BCUT2D eigenvalue weighted by Gasteiger charge is 2.51. The standard InChI is InChI=1S/C51H35N/c1-2-14-36(15-3-1)52(32-34-26-28-41-39-18-5-4-16-37(39)38-17-6-7-19-40(38)45(41)30-34)33-35-27-29-50-46(31-35)44-22-10-13-25-49(44)51(50)47-23-11-8-20-42(47)43-21-9-12-24-48(43)51/h1-31H,32-33H2. The number of benzene rings is 9. The highest BCUT2D eigenvalue weighted by molar-refractivity contribution is 6.25. The Hall–Kier alpha value is -6.44. The SMILES string of the molecule is c1ccc(N(Cc2ccc3c(c2)-c2ccccc2C32c3ccccc3-c3ccccc32)Cc2ccc3c4ccccc4c4ccccc4c3c2)cc1. The molecule has 0 saturated heterocycles. The lowest BCUT2D eigenvalue weighted by Gasteiger charge is -2.30. The van der Waals surface area contributed by atoms with Gasteiger partial charge in [0.05, 0.1) is 5.41 Å². The Kier molecular flexibility index (Phi) is 6.36. The Bertz CT molecular complexity index is 2780. The molecule has 244 valence electrons. The molecule has 11 rings (SSSR count). The van der Waals surface area contributed by atoms with Gasteiger partial charge in [0.25, 0.3) is 0 Å². The van der Waals surface area contributed by atoms with E-state index in [4.69, 9.17) is 0 Å². The van der Waals surface area contributed by atoms with E-state index in [0.29, 0.717) is 0 Å². The molecule has 0 radical (unpaired) electrons. The van der Waals surface area contributed by atoms with Gasteiger partial charge in [0.15, 0.2) is 0 Å². The summed E-state index contributed by atoms with van der Waals surface area (Å²) in [6, 6.07) is 70.1. The third-order valence-electron chi connectivity index (χ3n) is 11.7. The Morgan fingerprint density at radius 1 is 0.308 bits per heavy atom. The number of nitrogens with zero attached hydrogens (tertiary/aromatic N) is 1. The molecule has 1 nitrogen and oxygen atoms in total. The molecule has 0 fully saturated rings. The molecule has 0 atom stereocenters. The van der Waals surface area contributed by atoms with Gasteiger partial charge in [-0.25, -0.2) is 0 Å². The third kappa shape index (κ3) is 4.11. The van der Waals surface area contributed by atoms with Crippen molar-refractivity contribution in [2.75, 3.05) is 4.90 Å². The summed E-state index contributed by atoms with van der Waals surface area (Å²) in [6.45, 7) is 1.61. The summed E-state index contributed by atoms with van der Waals surface area (Å²) in [6.07, 6.45) is 0. The van der Waals surface area contributed by atoms with E-state index in [-0.39, 0.29) is 5.41 Å². The Morgan fingerprint density at radius 2 is 0.712 bits per heavy atom. The molecular formula is C51H35N. The number of hydrogen-bond acceptors (Lipinski definition) is 1. The van der Waals surface area contributed by atoms with Gasteiger partial charge in [0.1, 0.15) is 0 Å². The largest absolute Gasteiger partial charge is 0.363 e. The van der Waals surface area contributed by atoms with E-state index >= 15 is 0 Å². The van der Waals surface area contributed by atoms with Gasteiger partial charge in [-0.2, -0.15) is 0 Å². The number of para-hydroxylation sites is 1. The monoisotopic (exact) mass is 661 g/mol. The van der Waals surface area contributed by atoms with E-state index in [0.717, 1.165) is 13.1 Å². The Labute approximate surface area is 304 Å². The van der Waals surface area contributed by atoms with Crippen LogP contribution in [-0.2, 0) is 18.5 Å². The van der Waals surface area contributed by atoms with Crippen LogP contribution in [0.4, 0.5) is 5.69 Å². The van der Waals surface area contributed by atoms with Crippen LogP contribution < -0.4 is 4.90 Å². The second kappa shape index (κ2) is 11.3. The summed E-state index contributed by atoms with van der Waals surface area (Å²) in [5.74, 6) is 0. The minimum atomic E-state index is -0.311. The Balaban J connectivity index is 1.03. The highest BCUT2D eigenvalue weighted by Crippen LogP contribution is 2.62. The van der Waals surface area contributed by atoms with E-state index in [1.165, 1.54) is 93.6 Å². The first-order valence-electron chi connectivity index (χ1n) is 18.3. The fourth-order valence-corrected chi connectivity index (χ4v) is 9.62. The number of anilines is 1. The average molecular weight is 662 g/mol. The van der Waals surface area contributed by atoms with Crippen molar-refractivity contribution in [2.24, 2.45) is 0 Å². The second-order valence-corrected chi connectivity index (χ2v) is 14.4. The summed E-state index contributed by atoms with van der Waals surface area (Å²) < 4.78 is 0. The van der Waals surface area contributed by atoms with Gasteiger partial charge in [-0.3, -0.25) is 0 Å². The van der Waals surface area contributed by atoms with Gasteiger partial charge < -0.3 is 4.90 Å². The molecule has 0 aliphatic heterocycles. The molecule has 0 bridgehead atoms. The predicted molar refractivity (Wildman–Crippen MR) is 218 cm³/mol. The van der Waals surface area contributed by atoms with Gasteiger partial charge in [0.2, 0.25) is 0 Å². The van der Waals surface area contributed by atoms with Crippen LogP contribution in [0.2, 0.25) is 0 Å². The first kappa shape index (κ1) is 29.3. The second-order valence-electron chi connectivity index (χ2n) is 14.4. The molecule has 1 spiro atoms. The Morgan fingerprint density at radius 3 is 1.29 bits per heavy atom. The third-order valence-corrected chi connectivity index (χ3v) is 11.7. The van der Waals surface area contributed by atoms with Crippen molar-refractivity contribution in [2.45, 2.75) is 18.5 Å². The van der Waals surface area contributed by atoms with Gasteiger partial charge in [0, 0.05) is 18.8 Å². The van der Waals surface area contributed by atoms with Crippen LogP contribution in [0, 0.1) is 0 Å².